The maximum Gasteiger partial charge on any atom is 0.222 e. The highest BCUT2D eigenvalue weighted by molar-refractivity contribution is 5.65. The summed E-state index contributed by atoms with van der Waals surface area (Å²) < 4.78 is 19.2. The van der Waals surface area contributed by atoms with Crippen LogP contribution in [0.25, 0.3) is 11.3 Å². The van der Waals surface area contributed by atoms with Gasteiger partial charge in [0, 0.05) is 44.4 Å². The van der Waals surface area contributed by atoms with Crippen LogP contribution in [0.3, 0.4) is 0 Å². The van der Waals surface area contributed by atoms with E-state index in [2.05, 4.69) is 24.0 Å². The van der Waals surface area contributed by atoms with Crippen molar-refractivity contribution in [3.05, 3.63) is 60.2 Å². The van der Waals surface area contributed by atoms with Crippen molar-refractivity contribution in [1.82, 2.24) is 14.7 Å². The van der Waals surface area contributed by atoms with E-state index in [9.17, 15) is 5.11 Å². The van der Waals surface area contributed by atoms with Gasteiger partial charge in [-0.1, -0.05) is 49.7 Å². The van der Waals surface area contributed by atoms with Gasteiger partial charge in [0.15, 0.2) is 0 Å². The Morgan fingerprint density at radius 1 is 1.11 bits per heavy atom. The van der Waals surface area contributed by atoms with Crippen molar-refractivity contribution < 1.29 is 19.3 Å². The van der Waals surface area contributed by atoms with E-state index in [1.54, 1.807) is 11.8 Å². The maximum atomic E-state index is 10.7. The minimum atomic E-state index is -0.535. The first kappa shape index (κ1) is 25.2. The van der Waals surface area contributed by atoms with Crippen LogP contribution in [-0.2, 0) is 18.3 Å². The third-order valence-electron chi connectivity index (χ3n) is 6.21. The van der Waals surface area contributed by atoms with Crippen molar-refractivity contribution in [2.75, 3.05) is 26.9 Å². The van der Waals surface area contributed by atoms with Crippen LogP contribution in [0.4, 0.5) is 0 Å². The Kier molecular flexibility index (Phi) is 8.79. The van der Waals surface area contributed by atoms with Gasteiger partial charge in [0.05, 0.1) is 25.4 Å². The number of methoxy groups -OCH3 is 1. The summed E-state index contributed by atoms with van der Waals surface area (Å²) in [6.07, 6.45) is 3.84. The molecular weight excluding hydrogens is 442 g/mol. The van der Waals surface area contributed by atoms with E-state index in [0.717, 1.165) is 48.3 Å². The van der Waals surface area contributed by atoms with E-state index >= 15 is 0 Å². The maximum absolute atomic E-state index is 10.7. The molecule has 7 nitrogen and oxygen atoms in total. The molecule has 4 rings (SSSR count). The fraction of sp³-hybridized carbons (Fsp3) is 0.464. The van der Waals surface area contributed by atoms with E-state index in [1.807, 2.05) is 49.5 Å². The van der Waals surface area contributed by atoms with Gasteiger partial charge in [-0.3, -0.25) is 4.90 Å². The van der Waals surface area contributed by atoms with Crippen LogP contribution in [0.1, 0.15) is 38.2 Å². The molecule has 0 saturated heterocycles. The predicted octanol–water partition coefficient (Wildman–Crippen LogP) is 5.03. The summed E-state index contributed by atoms with van der Waals surface area (Å²) in [7, 11) is 3.55. The van der Waals surface area contributed by atoms with Crippen LogP contribution >= 0.6 is 0 Å². The number of nitrogens with zero attached hydrogens (tertiary/aromatic N) is 3. The molecule has 1 aliphatic rings. The molecule has 1 aromatic heterocycles. The molecule has 0 aliphatic heterocycles. The number of aromatic nitrogens is 2. The largest absolute Gasteiger partial charge is 0.497 e. The van der Waals surface area contributed by atoms with Gasteiger partial charge < -0.3 is 19.3 Å². The smallest absolute Gasteiger partial charge is 0.222 e. The fourth-order valence-corrected chi connectivity index (χ4v) is 4.20. The van der Waals surface area contributed by atoms with Crippen molar-refractivity contribution in [2.45, 2.75) is 51.3 Å². The van der Waals surface area contributed by atoms with Crippen molar-refractivity contribution in [3.63, 3.8) is 0 Å². The van der Waals surface area contributed by atoms with Crippen molar-refractivity contribution >= 4 is 0 Å². The molecule has 0 spiro atoms. The molecule has 7 heteroatoms. The molecule has 0 unspecified atom stereocenters. The molecule has 0 radical (unpaired) electrons. The Balaban J connectivity index is 1.60. The molecule has 1 N–H and O–H groups in total. The number of aliphatic hydroxyl groups is 1. The molecule has 1 saturated carbocycles. The Morgan fingerprint density at radius 3 is 2.60 bits per heavy atom. The molecule has 188 valence electrons. The van der Waals surface area contributed by atoms with Gasteiger partial charge in [0.1, 0.15) is 17.2 Å². The zero-order valence-corrected chi connectivity index (χ0v) is 21.0. The lowest BCUT2D eigenvalue weighted by Gasteiger charge is -2.25. The summed E-state index contributed by atoms with van der Waals surface area (Å²) in [5.41, 5.74) is 2.94. The molecule has 2 aromatic carbocycles. The van der Waals surface area contributed by atoms with Gasteiger partial charge in [-0.2, -0.15) is 5.10 Å². The van der Waals surface area contributed by atoms with Crippen molar-refractivity contribution in [1.29, 1.82) is 0 Å². The second kappa shape index (κ2) is 12.2. The Hall–Kier alpha value is -2.87. The first-order valence-electron chi connectivity index (χ1n) is 12.5. The van der Waals surface area contributed by atoms with Gasteiger partial charge in [0.25, 0.3) is 0 Å². The highest BCUT2D eigenvalue weighted by Gasteiger charge is 2.33. The van der Waals surface area contributed by atoms with Gasteiger partial charge >= 0.3 is 0 Å². The summed E-state index contributed by atoms with van der Waals surface area (Å²) in [5.74, 6) is 2.12. The SMILES string of the molecule is CCCCOC[C@H](O)CN(Cc1c(-c2ccccc2)nn(C)c1Oc1cccc(OC)c1)C1CC1. The van der Waals surface area contributed by atoms with Gasteiger partial charge in [-0.05, 0) is 31.4 Å². The van der Waals surface area contributed by atoms with E-state index in [0.29, 0.717) is 44.0 Å². The van der Waals surface area contributed by atoms with Crippen LogP contribution in [0, 0.1) is 0 Å². The van der Waals surface area contributed by atoms with Gasteiger partial charge in [-0.15, -0.1) is 0 Å². The summed E-state index contributed by atoms with van der Waals surface area (Å²) >= 11 is 0. The van der Waals surface area contributed by atoms with Gasteiger partial charge in [0.2, 0.25) is 5.88 Å². The van der Waals surface area contributed by atoms with Crippen LogP contribution in [0.2, 0.25) is 0 Å². The number of rotatable bonds is 14. The average molecular weight is 480 g/mol. The highest BCUT2D eigenvalue weighted by atomic mass is 16.5. The second-order valence-corrected chi connectivity index (χ2v) is 9.15. The van der Waals surface area contributed by atoms with Crippen LogP contribution in [0.15, 0.2) is 54.6 Å². The third kappa shape index (κ3) is 6.84. The number of aliphatic hydroxyl groups excluding tert-OH is 1. The summed E-state index contributed by atoms with van der Waals surface area (Å²) in [6, 6.07) is 18.2. The number of hydrogen-bond acceptors (Lipinski definition) is 6. The number of hydrogen-bond donors (Lipinski definition) is 1. The van der Waals surface area contributed by atoms with Crippen LogP contribution in [-0.4, -0.2) is 58.8 Å². The van der Waals surface area contributed by atoms with Crippen molar-refractivity contribution in [3.8, 4) is 28.6 Å². The Labute approximate surface area is 208 Å². The molecule has 1 fully saturated rings. The lowest BCUT2D eigenvalue weighted by atomic mass is 10.1. The standard InChI is InChI=1S/C28H37N3O4/c1-4-5-16-34-20-23(32)18-31(22-14-15-22)19-26-27(21-10-7-6-8-11-21)29-30(2)28(26)35-25-13-9-12-24(17-25)33-3/h6-13,17,22-23,32H,4-5,14-16,18-20H2,1-3H3/t23-/m1/s1. The second-order valence-electron chi connectivity index (χ2n) is 9.15. The van der Waals surface area contributed by atoms with Crippen LogP contribution in [0.5, 0.6) is 17.4 Å². The molecule has 3 aromatic rings. The minimum Gasteiger partial charge on any atom is -0.497 e. The lowest BCUT2D eigenvalue weighted by molar-refractivity contribution is 0.0127. The molecule has 1 aliphatic carbocycles. The topological polar surface area (TPSA) is 69.0 Å². The zero-order valence-electron chi connectivity index (χ0n) is 21.0. The molecule has 0 amide bonds. The van der Waals surface area contributed by atoms with Crippen LogP contribution < -0.4 is 9.47 Å². The van der Waals surface area contributed by atoms with E-state index in [1.165, 1.54) is 0 Å². The first-order valence-corrected chi connectivity index (χ1v) is 12.5. The minimum absolute atomic E-state index is 0.356. The molecule has 35 heavy (non-hydrogen) atoms. The first-order chi connectivity index (χ1) is 17.1. The number of aryl methyl sites for hydroxylation is 1. The summed E-state index contributed by atoms with van der Waals surface area (Å²) in [4.78, 5) is 2.34. The van der Waals surface area contributed by atoms with E-state index < -0.39 is 6.10 Å². The number of benzene rings is 2. The van der Waals surface area contributed by atoms with E-state index in [-0.39, 0.29) is 0 Å². The Morgan fingerprint density at radius 2 is 1.89 bits per heavy atom. The summed E-state index contributed by atoms with van der Waals surface area (Å²) in [5, 5.41) is 15.5. The quantitative estimate of drug-likeness (QED) is 0.327. The Bertz CT molecular complexity index is 1070. The lowest BCUT2D eigenvalue weighted by Crippen LogP contribution is -2.36. The van der Waals surface area contributed by atoms with E-state index in [4.69, 9.17) is 19.3 Å². The normalized spacial score (nSPS) is 14.3. The molecular formula is C28H37N3O4. The molecule has 1 heterocycles. The fourth-order valence-electron chi connectivity index (χ4n) is 4.20. The number of unbranched alkanes of at least 4 members (excludes halogenated alkanes) is 1. The molecule has 0 bridgehead atoms. The zero-order chi connectivity index (χ0) is 24.6. The average Bonchev–Trinajstić information content (AvgIpc) is 3.68. The third-order valence-corrected chi connectivity index (χ3v) is 6.21. The predicted molar refractivity (Wildman–Crippen MR) is 137 cm³/mol. The molecule has 1 atom stereocenters. The monoisotopic (exact) mass is 479 g/mol. The highest BCUT2D eigenvalue weighted by Crippen LogP contribution is 2.37. The van der Waals surface area contributed by atoms with Gasteiger partial charge in [-0.25, -0.2) is 4.68 Å². The number of ether oxygens (including phenoxy) is 3. The van der Waals surface area contributed by atoms with Crippen molar-refractivity contribution in [2.24, 2.45) is 7.05 Å². The summed E-state index contributed by atoms with van der Waals surface area (Å²) in [6.45, 7) is 4.37.